The Hall–Kier alpha value is -3.19. The molecule has 2 aromatic heterocycles. The quantitative estimate of drug-likeness (QED) is 0.509. The number of pyridine rings is 2. The van der Waals surface area contributed by atoms with Crippen LogP contribution >= 0.6 is 0 Å². The van der Waals surface area contributed by atoms with E-state index in [2.05, 4.69) is 16.9 Å². The molecule has 2 aliphatic rings. The van der Waals surface area contributed by atoms with Crippen LogP contribution in [0.5, 0.6) is 11.5 Å². The second kappa shape index (κ2) is 7.17. The van der Waals surface area contributed by atoms with Crippen LogP contribution in [0.15, 0.2) is 41.6 Å². The Morgan fingerprint density at radius 1 is 1.19 bits per heavy atom. The van der Waals surface area contributed by atoms with E-state index in [0.717, 1.165) is 59.2 Å². The Bertz CT molecular complexity index is 1270. The number of carbonyl (C=O) groups is 1. The van der Waals surface area contributed by atoms with Gasteiger partial charge in [0.2, 0.25) is 0 Å². The summed E-state index contributed by atoms with van der Waals surface area (Å²) in [5.74, 6) is 1.46. The molecule has 5 rings (SSSR count). The summed E-state index contributed by atoms with van der Waals surface area (Å²) in [6.45, 7) is 1.54. The van der Waals surface area contributed by atoms with Crippen molar-refractivity contribution in [3.8, 4) is 22.6 Å². The highest BCUT2D eigenvalue weighted by atomic mass is 16.5. The lowest BCUT2D eigenvalue weighted by molar-refractivity contribution is -0.110. The molecule has 7 nitrogen and oxygen atoms in total. The molecule has 0 aliphatic heterocycles. The molecule has 7 heteroatoms. The number of methoxy groups -OCH3 is 2. The summed E-state index contributed by atoms with van der Waals surface area (Å²) in [6.07, 6.45) is 8.30. The molecule has 0 amide bonds. The minimum atomic E-state index is -0.0834. The van der Waals surface area contributed by atoms with Gasteiger partial charge in [-0.05, 0) is 54.5 Å². The number of ether oxygens (including phenoxy) is 2. The molecule has 2 fully saturated rings. The van der Waals surface area contributed by atoms with E-state index in [9.17, 15) is 9.59 Å². The summed E-state index contributed by atoms with van der Waals surface area (Å²) in [7, 11) is 7.12. The number of aromatic nitrogens is 2. The predicted octanol–water partition coefficient (Wildman–Crippen LogP) is 3.03. The number of aryl methyl sites for hydroxylation is 1. The highest BCUT2D eigenvalue weighted by molar-refractivity contribution is 5.95. The molecule has 3 aromatic rings. The maximum absolute atomic E-state index is 12.5. The van der Waals surface area contributed by atoms with Crippen LogP contribution in [0.4, 0.5) is 0 Å². The van der Waals surface area contributed by atoms with Crippen LogP contribution in [0.2, 0.25) is 0 Å². The van der Waals surface area contributed by atoms with Gasteiger partial charge in [-0.1, -0.05) is 0 Å². The molecule has 0 unspecified atom stereocenters. The monoisotopic (exact) mass is 433 g/mol. The van der Waals surface area contributed by atoms with Crippen LogP contribution in [0.3, 0.4) is 0 Å². The largest absolute Gasteiger partial charge is 0.496 e. The first-order chi connectivity index (χ1) is 15.4. The molecule has 0 saturated heterocycles. The number of fused-ring (bicyclic) bond motifs is 2. The minimum Gasteiger partial charge on any atom is -0.496 e. The van der Waals surface area contributed by atoms with Gasteiger partial charge in [0.05, 0.1) is 25.2 Å². The average molecular weight is 434 g/mol. The van der Waals surface area contributed by atoms with Gasteiger partial charge in [0.15, 0.2) is 0 Å². The molecule has 0 radical (unpaired) electrons. The second-order valence-electron chi connectivity index (χ2n) is 9.32. The smallest absolute Gasteiger partial charge is 0.259 e. The number of hydrogen-bond acceptors (Lipinski definition) is 6. The molecule has 2 aliphatic carbocycles. The second-order valence-corrected chi connectivity index (χ2v) is 9.32. The topological polar surface area (TPSA) is 73.7 Å². The maximum atomic E-state index is 12.5. The van der Waals surface area contributed by atoms with Crippen LogP contribution < -0.4 is 15.0 Å². The summed E-state index contributed by atoms with van der Waals surface area (Å²) in [4.78, 5) is 30.2. The Morgan fingerprint density at radius 2 is 1.88 bits per heavy atom. The van der Waals surface area contributed by atoms with Crippen LogP contribution in [0, 0.1) is 10.8 Å². The van der Waals surface area contributed by atoms with Gasteiger partial charge in [0.25, 0.3) is 5.56 Å². The SMILES string of the molecule is COc1cc(-c2cn(C)c(=O)c3cnccc23)cc(OC)c1CN(C)CC12CC1(C=O)C2. The highest BCUT2D eigenvalue weighted by Gasteiger charge is 2.83. The van der Waals surface area contributed by atoms with Gasteiger partial charge in [-0.2, -0.15) is 0 Å². The first-order valence-corrected chi connectivity index (χ1v) is 10.7. The lowest BCUT2D eigenvalue weighted by atomic mass is 9.99. The number of aldehydes is 1. The average Bonchev–Trinajstić information content (AvgIpc) is 3.62. The Balaban J connectivity index is 1.53. The molecule has 0 N–H and O–H groups in total. The van der Waals surface area contributed by atoms with Gasteiger partial charge >= 0.3 is 0 Å². The zero-order chi connectivity index (χ0) is 22.7. The van der Waals surface area contributed by atoms with Crippen LogP contribution in [0.1, 0.15) is 18.4 Å². The van der Waals surface area contributed by atoms with Crippen molar-refractivity contribution in [2.75, 3.05) is 27.8 Å². The highest BCUT2D eigenvalue weighted by Crippen LogP contribution is 2.84. The summed E-state index contributed by atoms with van der Waals surface area (Å²) in [5, 5.41) is 1.41. The fourth-order valence-corrected chi connectivity index (χ4v) is 5.22. The molecule has 2 heterocycles. The molecule has 1 aromatic carbocycles. The summed E-state index contributed by atoms with van der Waals surface area (Å²) in [6, 6.07) is 5.85. The lowest BCUT2D eigenvalue weighted by Gasteiger charge is -2.22. The first kappa shape index (κ1) is 20.7. The number of hydrogen-bond donors (Lipinski definition) is 0. The van der Waals surface area contributed by atoms with Crippen LogP contribution in [-0.4, -0.2) is 48.5 Å². The van der Waals surface area contributed by atoms with Gasteiger partial charge in [-0.3, -0.25) is 9.78 Å². The van der Waals surface area contributed by atoms with Gasteiger partial charge in [0, 0.05) is 49.7 Å². The van der Waals surface area contributed by atoms with Crippen molar-refractivity contribution in [1.29, 1.82) is 0 Å². The third-order valence-corrected chi connectivity index (χ3v) is 7.24. The van der Waals surface area contributed by atoms with E-state index in [1.165, 1.54) is 0 Å². The van der Waals surface area contributed by atoms with E-state index in [1.54, 1.807) is 38.2 Å². The molecule has 2 saturated carbocycles. The van der Waals surface area contributed by atoms with Crippen molar-refractivity contribution in [2.24, 2.45) is 17.9 Å². The molecule has 0 atom stereocenters. The normalized spacial score (nSPS) is 23.2. The fraction of sp³-hybridized carbons (Fsp3) is 0.400. The van der Waals surface area contributed by atoms with Gasteiger partial charge < -0.3 is 23.7 Å². The van der Waals surface area contributed by atoms with Crippen molar-refractivity contribution in [3.63, 3.8) is 0 Å². The summed E-state index contributed by atoms with van der Waals surface area (Å²) >= 11 is 0. The third kappa shape index (κ3) is 3.03. The fourth-order valence-electron chi connectivity index (χ4n) is 5.22. The van der Waals surface area contributed by atoms with E-state index >= 15 is 0 Å². The van der Waals surface area contributed by atoms with Crippen molar-refractivity contribution in [2.45, 2.75) is 19.4 Å². The zero-order valence-corrected chi connectivity index (χ0v) is 18.8. The standard InChI is InChI=1S/C25H27N3O4/c1-27(14-24-12-25(24,13-24)15-29)10-20-21(31-3)7-16(8-22(20)32-4)19-11-28(2)23(30)18-9-26-6-5-17(18)19/h5-9,11,15H,10,12-14H2,1-4H3. The number of carbonyl (C=O) groups excluding carboxylic acids is 1. The zero-order valence-electron chi connectivity index (χ0n) is 18.8. The summed E-state index contributed by atoms with van der Waals surface area (Å²) in [5.41, 5.74) is 2.84. The maximum Gasteiger partial charge on any atom is 0.259 e. The van der Waals surface area contributed by atoms with Crippen LogP contribution in [-0.2, 0) is 18.4 Å². The van der Waals surface area contributed by atoms with E-state index in [1.807, 2.05) is 24.4 Å². The molecule has 166 valence electrons. The Labute approximate surface area is 186 Å². The van der Waals surface area contributed by atoms with Gasteiger partial charge in [-0.25, -0.2) is 0 Å². The van der Waals surface area contributed by atoms with Crippen molar-refractivity contribution < 1.29 is 14.3 Å². The van der Waals surface area contributed by atoms with Crippen molar-refractivity contribution in [1.82, 2.24) is 14.5 Å². The Kier molecular flexibility index (Phi) is 4.64. The number of benzene rings is 1. The van der Waals surface area contributed by atoms with Gasteiger partial charge in [0.1, 0.15) is 17.8 Å². The predicted molar refractivity (Wildman–Crippen MR) is 122 cm³/mol. The van der Waals surface area contributed by atoms with Crippen molar-refractivity contribution >= 4 is 17.1 Å². The Morgan fingerprint density at radius 3 is 2.47 bits per heavy atom. The van der Waals surface area contributed by atoms with Crippen molar-refractivity contribution in [3.05, 3.63) is 52.7 Å². The molecular formula is C25H27N3O4. The first-order valence-electron chi connectivity index (χ1n) is 10.7. The summed E-state index contributed by atoms with van der Waals surface area (Å²) < 4.78 is 13.1. The minimum absolute atomic E-state index is 0.0432. The molecule has 0 spiro atoms. The van der Waals surface area contributed by atoms with Gasteiger partial charge in [-0.15, -0.1) is 0 Å². The number of nitrogens with zero attached hydrogens (tertiary/aromatic N) is 3. The van der Waals surface area contributed by atoms with E-state index in [0.29, 0.717) is 11.9 Å². The lowest BCUT2D eigenvalue weighted by Crippen LogP contribution is -2.23. The van der Waals surface area contributed by atoms with E-state index < -0.39 is 0 Å². The molecule has 0 bridgehead atoms. The van der Waals surface area contributed by atoms with Crippen LogP contribution in [0.25, 0.3) is 21.9 Å². The van der Waals surface area contributed by atoms with E-state index in [-0.39, 0.29) is 16.4 Å². The van der Waals surface area contributed by atoms with E-state index in [4.69, 9.17) is 9.47 Å². The molecule has 32 heavy (non-hydrogen) atoms. The number of rotatable bonds is 8. The third-order valence-electron chi connectivity index (χ3n) is 7.24. The molecular weight excluding hydrogens is 406 g/mol.